The highest BCUT2D eigenvalue weighted by Gasteiger charge is 2.26. The average Bonchev–Trinajstić information content (AvgIpc) is 2.92. The third kappa shape index (κ3) is 3.36. The third-order valence-electron chi connectivity index (χ3n) is 4.58. The molecule has 0 radical (unpaired) electrons. The maximum Gasteiger partial charge on any atom is 0.126 e. The highest BCUT2D eigenvalue weighted by molar-refractivity contribution is 5.17. The SMILES string of the molecule is Fc1cc(F)cc(CN2CCN(C3CCCC3)CC2)c1. The molecule has 2 nitrogen and oxygen atoms in total. The van der Waals surface area contributed by atoms with Crippen molar-refractivity contribution >= 4 is 0 Å². The van der Waals surface area contributed by atoms with Crippen molar-refractivity contribution in [2.75, 3.05) is 26.2 Å². The van der Waals surface area contributed by atoms with Crippen LogP contribution in [0.1, 0.15) is 31.2 Å². The molecule has 0 N–H and O–H groups in total. The van der Waals surface area contributed by atoms with Gasteiger partial charge in [0, 0.05) is 44.8 Å². The summed E-state index contributed by atoms with van der Waals surface area (Å²) >= 11 is 0. The van der Waals surface area contributed by atoms with E-state index in [1.807, 2.05) is 0 Å². The second-order valence-electron chi connectivity index (χ2n) is 6.03. The third-order valence-corrected chi connectivity index (χ3v) is 4.58. The van der Waals surface area contributed by atoms with Gasteiger partial charge in [-0.05, 0) is 30.5 Å². The molecule has 0 bridgehead atoms. The summed E-state index contributed by atoms with van der Waals surface area (Å²) in [7, 11) is 0. The lowest BCUT2D eigenvalue weighted by Gasteiger charge is -2.38. The number of piperazine rings is 1. The highest BCUT2D eigenvalue weighted by Crippen LogP contribution is 2.24. The van der Waals surface area contributed by atoms with Gasteiger partial charge in [0.25, 0.3) is 0 Å². The lowest BCUT2D eigenvalue weighted by atomic mass is 10.1. The summed E-state index contributed by atoms with van der Waals surface area (Å²) in [6.07, 6.45) is 5.42. The Hall–Kier alpha value is -1.00. The van der Waals surface area contributed by atoms with E-state index in [0.717, 1.165) is 43.9 Å². The summed E-state index contributed by atoms with van der Waals surface area (Å²) < 4.78 is 26.4. The second-order valence-corrected chi connectivity index (χ2v) is 6.03. The molecule has 0 aromatic heterocycles. The van der Waals surface area contributed by atoms with Crippen molar-refractivity contribution in [3.05, 3.63) is 35.4 Å². The molecule has 1 heterocycles. The molecule has 0 amide bonds. The Labute approximate surface area is 119 Å². The van der Waals surface area contributed by atoms with Crippen molar-refractivity contribution < 1.29 is 8.78 Å². The number of rotatable bonds is 3. The molecular formula is C16H22F2N2. The summed E-state index contributed by atoms with van der Waals surface area (Å²) in [6.45, 7) is 4.81. The zero-order valence-electron chi connectivity index (χ0n) is 11.8. The molecule has 1 aromatic carbocycles. The summed E-state index contributed by atoms with van der Waals surface area (Å²) in [6, 6.07) is 4.59. The summed E-state index contributed by atoms with van der Waals surface area (Å²) in [5.41, 5.74) is 0.733. The van der Waals surface area contributed by atoms with Gasteiger partial charge in [0.15, 0.2) is 0 Å². The molecule has 0 spiro atoms. The Balaban J connectivity index is 1.53. The predicted molar refractivity (Wildman–Crippen MR) is 75.5 cm³/mol. The molecule has 1 aliphatic heterocycles. The molecular weight excluding hydrogens is 258 g/mol. The van der Waals surface area contributed by atoms with Crippen LogP contribution in [-0.2, 0) is 6.54 Å². The minimum Gasteiger partial charge on any atom is -0.298 e. The average molecular weight is 280 g/mol. The number of halogens is 2. The Morgan fingerprint density at radius 2 is 1.50 bits per heavy atom. The van der Waals surface area contributed by atoms with E-state index in [9.17, 15) is 8.78 Å². The molecule has 2 fully saturated rings. The molecule has 1 saturated heterocycles. The van der Waals surface area contributed by atoms with E-state index >= 15 is 0 Å². The Morgan fingerprint density at radius 3 is 2.10 bits per heavy atom. The fraction of sp³-hybridized carbons (Fsp3) is 0.625. The van der Waals surface area contributed by atoms with Crippen LogP contribution in [0.2, 0.25) is 0 Å². The van der Waals surface area contributed by atoms with Gasteiger partial charge < -0.3 is 0 Å². The minimum absolute atomic E-state index is 0.482. The number of nitrogens with zero attached hydrogens (tertiary/aromatic N) is 2. The van der Waals surface area contributed by atoms with E-state index in [1.54, 1.807) is 0 Å². The summed E-state index contributed by atoms with van der Waals surface area (Å²) in [4.78, 5) is 4.88. The van der Waals surface area contributed by atoms with Gasteiger partial charge in [-0.25, -0.2) is 8.78 Å². The van der Waals surface area contributed by atoms with Crippen molar-refractivity contribution in [3.8, 4) is 0 Å². The Morgan fingerprint density at radius 1 is 0.900 bits per heavy atom. The van der Waals surface area contributed by atoms with Gasteiger partial charge >= 0.3 is 0 Å². The first-order chi connectivity index (χ1) is 9.70. The van der Waals surface area contributed by atoms with E-state index in [2.05, 4.69) is 9.80 Å². The number of hydrogen-bond donors (Lipinski definition) is 0. The predicted octanol–water partition coefficient (Wildman–Crippen LogP) is 3.03. The fourth-order valence-electron chi connectivity index (χ4n) is 3.52. The zero-order valence-corrected chi connectivity index (χ0v) is 11.8. The quantitative estimate of drug-likeness (QED) is 0.840. The minimum atomic E-state index is -0.482. The molecule has 0 atom stereocenters. The lowest BCUT2D eigenvalue weighted by molar-refractivity contribution is 0.0936. The van der Waals surface area contributed by atoms with Crippen LogP contribution in [0.3, 0.4) is 0 Å². The van der Waals surface area contributed by atoms with Crippen LogP contribution in [0.4, 0.5) is 8.78 Å². The van der Waals surface area contributed by atoms with Gasteiger partial charge in [-0.1, -0.05) is 12.8 Å². The smallest absolute Gasteiger partial charge is 0.126 e. The van der Waals surface area contributed by atoms with Gasteiger partial charge in [-0.3, -0.25) is 9.80 Å². The van der Waals surface area contributed by atoms with E-state index in [0.29, 0.717) is 6.54 Å². The van der Waals surface area contributed by atoms with Crippen LogP contribution < -0.4 is 0 Å². The summed E-state index contributed by atoms with van der Waals surface area (Å²) in [5.74, 6) is -0.964. The van der Waals surface area contributed by atoms with Gasteiger partial charge in [0.2, 0.25) is 0 Å². The maximum atomic E-state index is 13.2. The van der Waals surface area contributed by atoms with Crippen molar-refractivity contribution in [2.45, 2.75) is 38.3 Å². The molecule has 1 aliphatic carbocycles. The first-order valence-electron chi connectivity index (χ1n) is 7.62. The van der Waals surface area contributed by atoms with Crippen LogP contribution in [0.25, 0.3) is 0 Å². The second kappa shape index (κ2) is 6.19. The van der Waals surface area contributed by atoms with Gasteiger partial charge in [-0.15, -0.1) is 0 Å². The van der Waals surface area contributed by atoms with E-state index < -0.39 is 11.6 Å². The van der Waals surface area contributed by atoms with Crippen molar-refractivity contribution in [1.82, 2.24) is 9.80 Å². The molecule has 1 aromatic rings. The molecule has 110 valence electrons. The highest BCUT2D eigenvalue weighted by atomic mass is 19.1. The van der Waals surface area contributed by atoms with E-state index in [4.69, 9.17) is 0 Å². The van der Waals surface area contributed by atoms with E-state index in [1.165, 1.54) is 37.8 Å². The first-order valence-corrected chi connectivity index (χ1v) is 7.62. The standard InChI is InChI=1S/C16H22F2N2/c17-14-9-13(10-15(18)11-14)12-19-5-7-20(8-6-19)16-3-1-2-4-16/h9-11,16H,1-8,12H2. The van der Waals surface area contributed by atoms with Crippen LogP contribution in [0, 0.1) is 11.6 Å². The molecule has 0 unspecified atom stereocenters. The molecule has 2 aliphatic rings. The van der Waals surface area contributed by atoms with Crippen molar-refractivity contribution in [2.24, 2.45) is 0 Å². The van der Waals surface area contributed by atoms with Crippen LogP contribution >= 0.6 is 0 Å². The topological polar surface area (TPSA) is 6.48 Å². The summed E-state index contributed by atoms with van der Waals surface area (Å²) in [5, 5.41) is 0. The molecule has 1 saturated carbocycles. The zero-order chi connectivity index (χ0) is 13.9. The number of benzene rings is 1. The van der Waals surface area contributed by atoms with Gasteiger partial charge in [-0.2, -0.15) is 0 Å². The van der Waals surface area contributed by atoms with Crippen LogP contribution in [0.15, 0.2) is 18.2 Å². The van der Waals surface area contributed by atoms with Crippen LogP contribution in [-0.4, -0.2) is 42.0 Å². The Bertz CT molecular complexity index is 430. The van der Waals surface area contributed by atoms with Crippen molar-refractivity contribution in [3.63, 3.8) is 0 Å². The lowest BCUT2D eigenvalue weighted by Crippen LogP contribution is -2.49. The largest absolute Gasteiger partial charge is 0.298 e. The molecule has 4 heteroatoms. The molecule has 3 rings (SSSR count). The van der Waals surface area contributed by atoms with Gasteiger partial charge in [0.1, 0.15) is 11.6 Å². The fourth-order valence-corrected chi connectivity index (χ4v) is 3.52. The van der Waals surface area contributed by atoms with Gasteiger partial charge in [0.05, 0.1) is 0 Å². The van der Waals surface area contributed by atoms with E-state index in [-0.39, 0.29) is 0 Å². The maximum absolute atomic E-state index is 13.2. The molecule has 20 heavy (non-hydrogen) atoms. The van der Waals surface area contributed by atoms with Crippen LogP contribution in [0.5, 0.6) is 0 Å². The number of hydrogen-bond acceptors (Lipinski definition) is 2. The Kier molecular flexibility index (Phi) is 4.32. The normalized spacial score (nSPS) is 22.5. The first kappa shape index (κ1) is 14.0. The van der Waals surface area contributed by atoms with Crippen molar-refractivity contribution in [1.29, 1.82) is 0 Å². The monoisotopic (exact) mass is 280 g/mol.